The highest BCUT2D eigenvalue weighted by Gasteiger charge is 2.34. The molecule has 0 amide bonds. The van der Waals surface area contributed by atoms with Crippen molar-refractivity contribution in [3.63, 3.8) is 0 Å². The van der Waals surface area contributed by atoms with Crippen molar-refractivity contribution in [3.8, 4) is 22.6 Å². The normalized spacial score (nSPS) is 11.7. The van der Waals surface area contributed by atoms with Crippen LogP contribution in [0.1, 0.15) is 30.9 Å². The fourth-order valence-electron chi connectivity index (χ4n) is 4.18. The third-order valence-corrected chi connectivity index (χ3v) is 6.06. The first-order valence-electron chi connectivity index (χ1n) is 12.0. The maximum absolute atomic E-state index is 15.2. The number of alkyl halides is 3. The van der Waals surface area contributed by atoms with E-state index in [1.807, 2.05) is 6.92 Å². The van der Waals surface area contributed by atoms with E-state index in [0.717, 1.165) is 25.0 Å². The van der Waals surface area contributed by atoms with Crippen molar-refractivity contribution in [1.82, 2.24) is 0 Å². The van der Waals surface area contributed by atoms with Gasteiger partial charge in [-0.1, -0.05) is 37.6 Å². The molecule has 0 radical (unpaired) electrons. The van der Waals surface area contributed by atoms with Gasteiger partial charge in [0.1, 0.15) is 23.2 Å². The van der Waals surface area contributed by atoms with E-state index in [1.165, 1.54) is 30.3 Å². The average Bonchev–Trinajstić information content (AvgIpc) is 2.85. The number of benzene rings is 4. The largest absolute Gasteiger partial charge is 0.573 e. The molecule has 206 valence electrons. The lowest BCUT2D eigenvalue weighted by molar-refractivity contribution is -0.276. The minimum Gasteiger partial charge on any atom is -0.493 e. The third kappa shape index (κ3) is 6.61. The van der Waals surface area contributed by atoms with E-state index in [2.05, 4.69) is 4.74 Å². The SMILES string of the molecule is CCCCOc1cc(F)c(-c2ccc3c(F)c(CCc4cc(F)c(OC(F)(F)F)c(F)c4)ccc3c2)c(F)c1. The van der Waals surface area contributed by atoms with Crippen molar-refractivity contribution >= 4 is 10.8 Å². The fourth-order valence-corrected chi connectivity index (χ4v) is 4.18. The molecule has 0 unspecified atom stereocenters. The molecule has 0 spiro atoms. The van der Waals surface area contributed by atoms with Crippen LogP contribution in [0.3, 0.4) is 0 Å². The molecule has 0 aliphatic carbocycles. The Morgan fingerprint density at radius 2 is 1.41 bits per heavy atom. The molecule has 0 saturated carbocycles. The summed E-state index contributed by atoms with van der Waals surface area (Å²) in [7, 11) is 0. The lowest BCUT2D eigenvalue weighted by Gasteiger charge is -2.13. The topological polar surface area (TPSA) is 18.5 Å². The van der Waals surface area contributed by atoms with Crippen molar-refractivity contribution in [3.05, 3.63) is 94.8 Å². The second-order valence-corrected chi connectivity index (χ2v) is 8.87. The van der Waals surface area contributed by atoms with E-state index in [0.29, 0.717) is 24.1 Å². The summed E-state index contributed by atoms with van der Waals surface area (Å²) in [5.74, 6) is -6.86. The lowest BCUT2D eigenvalue weighted by atomic mass is 9.96. The van der Waals surface area contributed by atoms with Gasteiger partial charge in [0.2, 0.25) is 5.75 Å². The Labute approximate surface area is 218 Å². The van der Waals surface area contributed by atoms with Gasteiger partial charge in [0, 0.05) is 17.5 Å². The molecule has 0 heterocycles. The second kappa shape index (κ2) is 11.5. The minimum atomic E-state index is -5.26. The number of unbranched alkanes of at least 4 members (excludes halogenated alkanes) is 1. The Hall–Kier alpha value is -3.82. The molecular formula is C29H22F8O2. The molecule has 39 heavy (non-hydrogen) atoms. The lowest BCUT2D eigenvalue weighted by Crippen LogP contribution is -2.19. The Kier molecular flexibility index (Phi) is 8.32. The molecule has 0 bridgehead atoms. The summed E-state index contributed by atoms with van der Waals surface area (Å²) in [5.41, 5.74) is 0.0863. The maximum atomic E-state index is 15.2. The van der Waals surface area contributed by atoms with Crippen LogP contribution in [0.25, 0.3) is 21.9 Å². The van der Waals surface area contributed by atoms with Crippen LogP contribution in [-0.4, -0.2) is 13.0 Å². The van der Waals surface area contributed by atoms with E-state index in [1.54, 1.807) is 0 Å². The average molecular weight is 554 g/mol. The fraction of sp³-hybridized carbons (Fsp3) is 0.241. The number of aryl methyl sites for hydroxylation is 2. The van der Waals surface area contributed by atoms with Crippen molar-refractivity contribution in [2.45, 2.75) is 39.0 Å². The molecule has 10 heteroatoms. The monoisotopic (exact) mass is 554 g/mol. The highest BCUT2D eigenvalue weighted by molar-refractivity contribution is 5.88. The first-order chi connectivity index (χ1) is 18.5. The Bertz CT molecular complexity index is 1450. The summed E-state index contributed by atoms with van der Waals surface area (Å²) in [6.07, 6.45) is -3.76. The Morgan fingerprint density at radius 1 is 0.744 bits per heavy atom. The van der Waals surface area contributed by atoms with Crippen LogP contribution in [0.5, 0.6) is 11.5 Å². The van der Waals surface area contributed by atoms with Gasteiger partial charge in [0.25, 0.3) is 0 Å². The number of hydrogen-bond acceptors (Lipinski definition) is 2. The zero-order valence-corrected chi connectivity index (χ0v) is 20.6. The van der Waals surface area contributed by atoms with Crippen molar-refractivity contribution in [2.24, 2.45) is 0 Å². The minimum absolute atomic E-state index is 0.00226. The molecule has 0 aliphatic heterocycles. The molecule has 0 fully saturated rings. The van der Waals surface area contributed by atoms with Gasteiger partial charge < -0.3 is 9.47 Å². The molecule has 4 aromatic carbocycles. The van der Waals surface area contributed by atoms with Crippen LogP contribution >= 0.6 is 0 Å². The molecule has 0 aliphatic rings. The van der Waals surface area contributed by atoms with Crippen LogP contribution in [0.15, 0.2) is 54.6 Å². The van der Waals surface area contributed by atoms with Crippen LogP contribution in [0.4, 0.5) is 35.1 Å². The van der Waals surface area contributed by atoms with Crippen molar-refractivity contribution in [2.75, 3.05) is 6.61 Å². The van der Waals surface area contributed by atoms with Gasteiger partial charge in [-0.3, -0.25) is 0 Å². The summed E-state index contributed by atoms with van der Waals surface area (Å²) in [5, 5.41) is 0.518. The van der Waals surface area contributed by atoms with Crippen LogP contribution < -0.4 is 9.47 Å². The van der Waals surface area contributed by atoms with Gasteiger partial charge in [-0.2, -0.15) is 0 Å². The van der Waals surface area contributed by atoms with Crippen LogP contribution in [-0.2, 0) is 12.8 Å². The number of halogens is 8. The summed E-state index contributed by atoms with van der Waals surface area (Å²) >= 11 is 0. The molecule has 0 aromatic heterocycles. The van der Waals surface area contributed by atoms with Crippen LogP contribution in [0, 0.1) is 29.1 Å². The smallest absolute Gasteiger partial charge is 0.493 e. The highest BCUT2D eigenvalue weighted by Crippen LogP contribution is 2.34. The number of rotatable bonds is 9. The Balaban J connectivity index is 1.55. The van der Waals surface area contributed by atoms with E-state index in [-0.39, 0.29) is 46.2 Å². The summed E-state index contributed by atoms with van der Waals surface area (Å²) in [4.78, 5) is 0. The van der Waals surface area contributed by atoms with E-state index in [4.69, 9.17) is 4.74 Å². The molecular weight excluding hydrogens is 532 g/mol. The van der Waals surface area contributed by atoms with Gasteiger partial charge in [-0.05, 0) is 59.5 Å². The molecule has 0 atom stereocenters. The molecule has 0 N–H and O–H groups in total. The van der Waals surface area contributed by atoms with Crippen LogP contribution in [0.2, 0.25) is 0 Å². The van der Waals surface area contributed by atoms with Gasteiger partial charge in [0.15, 0.2) is 11.6 Å². The Morgan fingerprint density at radius 3 is 2.03 bits per heavy atom. The zero-order chi connectivity index (χ0) is 28.3. The molecule has 2 nitrogen and oxygen atoms in total. The van der Waals surface area contributed by atoms with Gasteiger partial charge in [0.05, 0.1) is 12.2 Å². The second-order valence-electron chi connectivity index (χ2n) is 8.87. The molecule has 0 saturated heterocycles. The standard InChI is InChI=1S/C29H22F8O2/c1-2-3-10-38-20-14-22(30)26(23(31)15-20)19-8-9-21-18(13-19)7-6-17(27(21)34)5-4-16-11-24(32)28(25(33)12-16)39-29(35,36)37/h6-9,11-15H,2-5,10H2,1H3. The van der Waals surface area contributed by atoms with Gasteiger partial charge in [-0.15, -0.1) is 13.2 Å². The van der Waals surface area contributed by atoms with E-state index in [9.17, 15) is 30.7 Å². The van der Waals surface area contributed by atoms with E-state index < -0.39 is 41.2 Å². The number of fused-ring (bicyclic) bond motifs is 1. The first kappa shape index (κ1) is 28.2. The quantitative estimate of drug-likeness (QED) is 0.152. The predicted molar refractivity (Wildman–Crippen MR) is 130 cm³/mol. The molecule has 4 aromatic rings. The number of hydrogen-bond donors (Lipinski definition) is 0. The van der Waals surface area contributed by atoms with E-state index >= 15 is 4.39 Å². The summed E-state index contributed by atoms with van der Waals surface area (Å²) < 4.78 is 118. The third-order valence-electron chi connectivity index (χ3n) is 6.06. The predicted octanol–water partition coefficient (Wildman–Crippen LogP) is 9.06. The van der Waals surface area contributed by atoms with Gasteiger partial charge in [-0.25, -0.2) is 22.0 Å². The highest BCUT2D eigenvalue weighted by atomic mass is 19.4. The zero-order valence-electron chi connectivity index (χ0n) is 20.6. The summed E-state index contributed by atoms with van der Waals surface area (Å²) in [6.45, 7) is 2.29. The number of ether oxygens (including phenoxy) is 2. The summed E-state index contributed by atoms with van der Waals surface area (Å²) in [6, 6.07) is 10.7. The van der Waals surface area contributed by atoms with Crippen molar-refractivity contribution < 1.29 is 44.6 Å². The molecule has 4 rings (SSSR count). The maximum Gasteiger partial charge on any atom is 0.573 e. The first-order valence-corrected chi connectivity index (χ1v) is 12.0. The van der Waals surface area contributed by atoms with Crippen molar-refractivity contribution in [1.29, 1.82) is 0 Å². The van der Waals surface area contributed by atoms with Gasteiger partial charge >= 0.3 is 6.36 Å².